The number of hydrogen-bond donors (Lipinski definition) is 0. The van der Waals surface area contributed by atoms with Gasteiger partial charge in [-0.05, 0) is 32.6 Å². The Morgan fingerprint density at radius 2 is 2.06 bits per heavy atom. The average molecular weight is 242 g/mol. The summed E-state index contributed by atoms with van der Waals surface area (Å²) in [6.07, 6.45) is 3.20. The highest BCUT2D eigenvalue weighted by Gasteiger charge is 2.41. The van der Waals surface area contributed by atoms with Crippen LogP contribution in [0.3, 0.4) is 0 Å². The fourth-order valence-electron chi connectivity index (χ4n) is 2.81. The highest BCUT2D eigenvalue weighted by Crippen LogP contribution is 2.37. The molecule has 0 radical (unpaired) electrons. The van der Waals surface area contributed by atoms with E-state index in [-0.39, 0.29) is 23.4 Å². The zero-order chi connectivity index (χ0) is 12.3. The van der Waals surface area contributed by atoms with E-state index in [0.29, 0.717) is 6.61 Å². The van der Waals surface area contributed by atoms with Crippen LogP contribution in [0.1, 0.15) is 32.6 Å². The van der Waals surface area contributed by atoms with Gasteiger partial charge < -0.3 is 14.2 Å². The molecule has 2 heterocycles. The van der Waals surface area contributed by atoms with Crippen LogP contribution < -0.4 is 0 Å². The predicted molar refractivity (Wildman–Crippen MR) is 62.9 cm³/mol. The molecular formula is C13H22O4. The van der Waals surface area contributed by atoms with Gasteiger partial charge in [-0.2, -0.15) is 0 Å². The van der Waals surface area contributed by atoms with Crippen molar-refractivity contribution in [1.29, 1.82) is 0 Å². The summed E-state index contributed by atoms with van der Waals surface area (Å²) in [4.78, 5) is 12.1. The second kappa shape index (κ2) is 5.46. The molecule has 2 fully saturated rings. The number of carbonyl (C=O) groups excluding carboxylic acids is 1. The molecular weight excluding hydrogens is 220 g/mol. The molecule has 2 saturated heterocycles. The third-order valence-electron chi connectivity index (χ3n) is 4.05. The Bertz CT molecular complexity index is 265. The zero-order valence-corrected chi connectivity index (χ0v) is 10.7. The number of ketones is 1. The van der Waals surface area contributed by atoms with E-state index < -0.39 is 0 Å². The van der Waals surface area contributed by atoms with Gasteiger partial charge in [-0.1, -0.05) is 0 Å². The van der Waals surface area contributed by atoms with E-state index >= 15 is 0 Å². The molecule has 0 amide bonds. The second-order valence-corrected chi connectivity index (χ2v) is 5.11. The lowest BCUT2D eigenvalue weighted by molar-refractivity contribution is -0.161. The van der Waals surface area contributed by atoms with Crippen molar-refractivity contribution in [2.24, 2.45) is 5.92 Å². The van der Waals surface area contributed by atoms with Crippen molar-refractivity contribution in [1.82, 2.24) is 0 Å². The Morgan fingerprint density at radius 1 is 1.35 bits per heavy atom. The summed E-state index contributed by atoms with van der Waals surface area (Å²) in [5.41, 5.74) is -0.107. The summed E-state index contributed by atoms with van der Waals surface area (Å²) >= 11 is 0. The molecule has 17 heavy (non-hydrogen) atoms. The van der Waals surface area contributed by atoms with Crippen LogP contribution in [-0.2, 0) is 19.0 Å². The lowest BCUT2D eigenvalue weighted by atomic mass is 9.78. The number of methoxy groups -OCH3 is 1. The van der Waals surface area contributed by atoms with Gasteiger partial charge in [0.25, 0.3) is 0 Å². The Labute approximate surface area is 103 Å². The highest BCUT2D eigenvalue weighted by molar-refractivity contribution is 5.85. The normalized spacial score (nSPS) is 30.1. The molecule has 2 aliphatic rings. The van der Waals surface area contributed by atoms with Crippen molar-refractivity contribution in [3.8, 4) is 0 Å². The third-order valence-corrected chi connectivity index (χ3v) is 4.05. The molecule has 2 aliphatic heterocycles. The number of Topliss-reactive ketones (excluding diaryl/α,β-unsaturated/α-hetero) is 1. The van der Waals surface area contributed by atoms with Crippen molar-refractivity contribution >= 4 is 5.78 Å². The van der Waals surface area contributed by atoms with E-state index in [2.05, 4.69) is 0 Å². The molecule has 2 rings (SSSR count). The van der Waals surface area contributed by atoms with Gasteiger partial charge in [0.15, 0.2) is 5.78 Å². The van der Waals surface area contributed by atoms with Crippen molar-refractivity contribution in [2.45, 2.75) is 44.3 Å². The van der Waals surface area contributed by atoms with Gasteiger partial charge in [-0.25, -0.2) is 0 Å². The Balaban J connectivity index is 1.98. The first-order valence-corrected chi connectivity index (χ1v) is 6.45. The molecule has 0 aromatic rings. The number of ether oxygens (including phenoxy) is 3. The summed E-state index contributed by atoms with van der Waals surface area (Å²) in [7, 11) is 1.59. The minimum Gasteiger partial charge on any atom is -0.381 e. The van der Waals surface area contributed by atoms with Crippen molar-refractivity contribution < 1.29 is 19.0 Å². The molecule has 0 N–H and O–H groups in total. The lowest BCUT2D eigenvalue weighted by Crippen LogP contribution is -2.47. The molecule has 2 atom stereocenters. The van der Waals surface area contributed by atoms with E-state index in [4.69, 9.17) is 14.2 Å². The van der Waals surface area contributed by atoms with Crippen LogP contribution in [0, 0.1) is 5.92 Å². The monoisotopic (exact) mass is 242 g/mol. The SMILES string of the molecule is COC(C)C(=O)C1CCOC2(CCOCC2)C1. The summed E-state index contributed by atoms with van der Waals surface area (Å²) in [5.74, 6) is 0.318. The van der Waals surface area contributed by atoms with Crippen LogP contribution >= 0.6 is 0 Å². The van der Waals surface area contributed by atoms with Crippen molar-refractivity contribution in [2.75, 3.05) is 26.9 Å². The van der Waals surface area contributed by atoms with E-state index in [9.17, 15) is 4.79 Å². The van der Waals surface area contributed by atoms with E-state index in [1.54, 1.807) is 7.11 Å². The standard InChI is InChI=1S/C13H22O4/c1-10(15-2)12(14)11-3-6-17-13(9-11)4-7-16-8-5-13/h10-11H,3-9H2,1-2H3. The van der Waals surface area contributed by atoms with E-state index in [0.717, 1.165) is 38.9 Å². The topological polar surface area (TPSA) is 44.8 Å². The van der Waals surface area contributed by atoms with Crippen molar-refractivity contribution in [3.63, 3.8) is 0 Å². The van der Waals surface area contributed by atoms with E-state index in [1.807, 2.05) is 6.92 Å². The molecule has 0 aromatic carbocycles. The number of rotatable bonds is 3. The van der Waals surface area contributed by atoms with Crippen LogP contribution in [0.4, 0.5) is 0 Å². The molecule has 4 heteroatoms. The van der Waals surface area contributed by atoms with Crippen LogP contribution in [0.15, 0.2) is 0 Å². The maximum Gasteiger partial charge on any atom is 0.164 e. The summed E-state index contributed by atoms with van der Waals surface area (Å²) in [6.45, 7) is 4.02. The van der Waals surface area contributed by atoms with Crippen LogP contribution in [0.5, 0.6) is 0 Å². The lowest BCUT2D eigenvalue weighted by Gasteiger charge is -2.43. The quantitative estimate of drug-likeness (QED) is 0.753. The van der Waals surface area contributed by atoms with Gasteiger partial charge in [0.2, 0.25) is 0 Å². The van der Waals surface area contributed by atoms with Crippen molar-refractivity contribution in [3.05, 3.63) is 0 Å². The molecule has 0 aromatic heterocycles. The maximum atomic E-state index is 12.1. The first-order chi connectivity index (χ1) is 8.17. The smallest absolute Gasteiger partial charge is 0.164 e. The van der Waals surface area contributed by atoms with Crippen LogP contribution in [-0.4, -0.2) is 44.4 Å². The Morgan fingerprint density at radius 3 is 2.71 bits per heavy atom. The minimum absolute atomic E-state index is 0.0943. The summed E-state index contributed by atoms with van der Waals surface area (Å²) in [5, 5.41) is 0. The molecule has 0 saturated carbocycles. The van der Waals surface area contributed by atoms with Gasteiger partial charge in [0.1, 0.15) is 6.10 Å². The van der Waals surface area contributed by atoms with Crippen LogP contribution in [0.2, 0.25) is 0 Å². The van der Waals surface area contributed by atoms with Gasteiger partial charge in [-0.15, -0.1) is 0 Å². The maximum absolute atomic E-state index is 12.1. The number of hydrogen-bond acceptors (Lipinski definition) is 4. The molecule has 1 spiro atoms. The third kappa shape index (κ3) is 2.87. The van der Waals surface area contributed by atoms with Gasteiger partial charge in [0, 0.05) is 32.8 Å². The number of carbonyl (C=O) groups is 1. The first kappa shape index (κ1) is 13.0. The molecule has 2 unspecified atom stereocenters. The fourth-order valence-corrected chi connectivity index (χ4v) is 2.81. The predicted octanol–water partition coefficient (Wildman–Crippen LogP) is 1.57. The Hall–Kier alpha value is -0.450. The van der Waals surface area contributed by atoms with Gasteiger partial charge in [-0.3, -0.25) is 4.79 Å². The molecule has 0 aliphatic carbocycles. The summed E-state index contributed by atoms with van der Waals surface area (Å²) < 4.78 is 16.4. The Kier molecular flexibility index (Phi) is 4.17. The molecule has 0 bridgehead atoms. The van der Waals surface area contributed by atoms with Gasteiger partial charge >= 0.3 is 0 Å². The second-order valence-electron chi connectivity index (χ2n) is 5.11. The molecule has 4 nitrogen and oxygen atoms in total. The fraction of sp³-hybridized carbons (Fsp3) is 0.923. The zero-order valence-electron chi connectivity index (χ0n) is 10.7. The molecule has 98 valence electrons. The average Bonchev–Trinajstić information content (AvgIpc) is 2.38. The van der Waals surface area contributed by atoms with Crippen LogP contribution in [0.25, 0.3) is 0 Å². The van der Waals surface area contributed by atoms with Gasteiger partial charge in [0.05, 0.1) is 5.60 Å². The first-order valence-electron chi connectivity index (χ1n) is 6.45. The largest absolute Gasteiger partial charge is 0.381 e. The highest BCUT2D eigenvalue weighted by atomic mass is 16.5. The minimum atomic E-state index is -0.296. The summed E-state index contributed by atoms with van der Waals surface area (Å²) in [6, 6.07) is 0. The van der Waals surface area contributed by atoms with E-state index in [1.165, 1.54) is 0 Å².